The Kier molecular flexibility index (Phi) is 10.3. The molecule has 3 rings (SSSR count). The van der Waals surface area contributed by atoms with Crippen LogP contribution < -0.4 is 19.5 Å². The van der Waals surface area contributed by atoms with E-state index in [1.54, 1.807) is 61.6 Å². The first-order chi connectivity index (χ1) is 17.7. The van der Waals surface area contributed by atoms with Gasteiger partial charge in [0.15, 0.2) is 11.5 Å². The summed E-state index contributed by atoms with van der Waals surface area (Å²) < 4.78 is 45.2. The number of rotatable bonds is 13. The molecule has 2 atom stereocenters. The van der Waals surface area contributed by atoms with E-state index in [0.29, 0.717) is 56.3 Å². The second-order valence-electron chi connectivity index (χ2n) is 9.57. The minimum absolute atomic E-state index is 0.0874. The third kappa shape index (κ3) is 7.67. The predicted octanol–water partition coefficient (Wildman–Crippen LogP) is 2.84. The van der Waals surface area contributed by atoms with Crippen LogP contribution in [0.3, 0.4) is 0 Å². The van der Waals surface area contributed by atoms with Crippen molar-refractivity contribution in [1.29, 1.82) is 0 Å². The van der Waals surface area contributed by atoms with Crippen LogP contribution in [-0.2, 0) is 14.8 Å². The molecule has 0 aromatic heterocycles. The Hall–Kier alpha value is -2.66. The summed E-state index contributed by atoms with van der Waals surface area (Å²) >= 11 is 0. The summed E-state index contributed by atoms with van der Waals surface area (Å²) in [6.45, 7) is 8.34. The number of ether oxygens (including phenoxy) is 3. The number of hydrogen-bond acceptors (Lipinski definition) is 7. The van der Waals surface area contributed by atoms with Gasteiger partial charge in [-0.05, 0) is 51.1 Å². The van der Waals surface area contributed by atoms with Gasteiger partial charge in [-0.25, -0.2) is 13.1 Å². The Bertz CT molecular complexity index is 1140. The van der Waals surface area contributed by atoms with E-state index in [4.69, 9.17) is 14.2 Å². The molecule has 0 aliphatic carbocycles. The summed E-state index contributed by atoms with van der Waals surface area (Å²) in [6, 6.07) is 11.5. The van der Waals surface area contributed by atoms with E-state index >= 15 is 0 Å². The number of amides is 1. The molecule has 2 N–H and O–H groups in total. The minimum Gasteiger partial charge on any atom is -0.493 e. The number of benzene rings is 2. The number of aryl methyl sites for hydroxylation is 1. The van der Waals surface area contributed by atoms with Crippen LogP contribution in [0.2, 0.25) is 0 Å². The zero-order valence-electron chi connectivity index (χ0n) is 22.3. The maximum absolute atomic E-state index is 13.6. The molecule has 0 spiro atoms. The number of hydrogen-bond donors (Lipinski definition) is 2. The van der Waals surface area contributed by atoms with Gasteiger partial charge in [0.1, 0.15) is 0 Å². The molecule has 1 saturated heterocycles. The van der Waals surface area contributed by atoms with Crippen LogP contribution in [0.25, 0.3) is 0 Å². The van der Waals surface area contributed by atoms with Crippen molar-refractivity contribution in [2.24, 2.45) is 5.92 Å². The van der Waals surface area contributed by atoms with E-state index in [-0.39, 0.29) is 28.8 Å². The van der Waals surface area contributed by atoms with Gasteiger partial charge in [-0.1, -0.05) is 17.7 Å². The van der Waals surface area contributed by atoms with Crippen molar-refractivity contribution in [3.8, 4) is 11.5 Å². The Morgan fingerprint density at radius 1 is 1.08 bits per heavy atom. The van der Waals surface area contributed by atoms with Gasteiger partial charge in [-0.15, -0.1) is 0 Å². The molecule has 2 aromatic carbocycles. The third-order valence-electron chi connectivity index (χ3n) is 6.45. The molecule has 37 heavy (non-hydrogen) atoms. The van der Waals surface area contributed by atoms with Gasteiger partial charge < -0.3 is 24.4 Å². The first-order valence-electron chi connectivity index (χ1n) is 12.6. The lowest BCUT2D eigenvalue weighted by atomic mass is 10.0. The van der Waals surface area contributed by atoms with Crippen LogP contribution in [0.5, 0.6) is 11.5 Å². The zero-order chi connectivity index (χ0) is 27.0. The van der Waals surface area contributed by atoms with Crippen molar-refractivity contribution in [2.45, 2.75) is 44.2 Å². The standard InChI is InChI=1S/C27H39N3O6S/c1-19(2)30(27(31)21-9-12-25(35-5)26(15-21)36-14-6-13-34-4)18-22-16-28-17-24(22)29-37(32,33)23-10-7-20(3)8-11-23/h7-12,15,19,22,24,28-29H,6,13-14,16-18H2,1-5H3/t22-,24+/m1/s1. The van der Waals surface area contributed by atoms with E-state index in [2.05, 4.69) is 10.0 Å². The monoisotopic (exact) mass is 533 g/mol. The summed E-state index contributed by atoms with van der Waals surface area (Å²) in [5, 5.41) is 3.27. The van der Waals surface area contributed by atoms with Crippen molar-refractivity contribution < 1.29 is 27.4 Å². The Morgan fingerprint density at radius 2 is 1.81 bits per heavy atom. The lowest BCUT2D eigenvalue weighted by molar-refractivity contribution is 0.0671. The zero-order valence-corrected chi connectivity index (χ0v) is 23.1. The van der Waals surface area contributed by atoms with Crippen molar-refractivity contribution in [2.75, 3.05) is 47.1 Å². The molecule has 0 unspecified atom stereocenters. The number of methoxy groups -OCH3 is 2. The molecule has 1 amide bonds. The van der Waals surface area contributed by atoms with Gasteiger partial charge in [-0.2, -0.15) is 0 Å². The Balaban J connectivity index is 1.74. The molecule has 9 nitrogen and oxygen atoms in total. The smallest absolute Gasteiger partial charge is 0.254 e. The van der Waals surface area contributed by atoms with E-state index in [9.17, 15) is 13.2 Å². The summed E-state index contributed by atoms with van der Waals surface area (Å²) in [6.07, 6.45) is 0.713. The summed E-state index contributed by atoms with van der Waals surface area (Å²) in [4.78, 5) is 15.6. The van der Waals surface area contributed by atoms with Gasteiger partial charge in [0.25, 0.3) is 5.91 Å². The fraction of sp³-hybridized carbons (Fsp3) is 0.519. The van der Waals surface area contributed by atoms with Crippen LogP contribution in [0.1, 0.15) is 36.2 Å². The summed E-state index contributed by atoms with van der Waals surface area (Å²) in [5.41, 5.74) is 1.48. The van der Waals surface area contributed by atoms with Crippen molar-refractivity contribution in [3.05, 3.63) is 53.6 Å². The van der Waals surface area contributed by atoms with E-state index in [1.807, 2.05) is 20.8 Å². The van der Waals surface area contributed by atoms with Crippen LogP contribution in [-0.4, -0.2) is 78.4 Å². The van der Waals surface area contributed by atoms with E-state index in [1.165, 1.54) is 0 Å². The molecule has 0 bridgehead atoms. The van der Waals surface area contributed by atoms with Gasteiger partial charge in [0.2, 0.25) is 10.0 Å². The van der Waals surface area contributed by atoms with Crippen molar-refractivity contribution in [1.82, 2.24) is 14.9 Å². The third-order valence-corrected chi connectivity index (χ3v) is 7.96. The lowest BCUT2D eigenvalue weighted by Crippen LogP contribution is -2.47. The molecule has 1 aliphatic heterocycles. The highest BCUT2D eigenvalue weighted by Gasteiger charge is 2.34. The topological polar surface area (TPSA) is 106 Å². The fourth-order valence-corrected chi connectivity index (χ4v) is 5.61. The highest BCUT2D eigenvalue weighted by atomic mass is 32.2. The summed E-state index contributed by atoms with van der Waals surface area (Å²) in [7, 11) is -0.484. The largest absolute Gasteiger partial charge is 0.493 e. The number of nitrogens with one attached hydrogen (secondary N) is 2. The second kappa shape index (κ2) is 13.2. The van der Waals surface area contributed by atoms with Crippen molar-refractivity contribution in [3.63, 3.8) is 0 Å². The van der Waals surface area contributed by atoms with Crippen LogP contribution in [0, 0.1) is 12.8 Å². The first-order valence-corrected chi connectivity index (χ1v) is 14.0. The van der Waals surface area contributed by atoms with Gasteiger partial charge in [-0.3, -0.25) is 4.79 Å². The maximum Gasteiger partial charge on any atom is 0.254 e. The van der Waals surface area contributed by atoms with Crippen LogP contribution in [0.4, 0.5) is 0 Å². The minimum atomic E-state index is -3.68. The van der Waals surface area contributed by atoms with Gasteiger partial charge in [0, 0.05) is 63.3 Å². The summed E-state index contributed by atoms with van der Waals surface area (Å²) in [5.74, 6) is 0.816. The molecule has 0 saturated carbocycles. The fourth-order valence-electron chi connectivity index (χ4n) is 4.30. The Labute approximate surface area is 220 Å². The number of nitrogens with zero attached hydrogens (tertiary/aromatic N) is 1. The maximum atomic E-state index is 13.6. The van der Waals surface area contributed by atoms with Crippen molar-refractivity contribution >= 4 is 15.9 Å². The quantitative estimate of drug-likeness (QED) is 0.382. The van der Waals surface area contributed by atoms with E-state index in [0.717, 1.165) is 5.56 Å². The normalized spacial score (nSPS) is 17.7. The lowest BCUT2D eigenvalue weighted by Gasteiger charge is -2.32. The molecule has 1 heterocycles. The Morgan fingerprint density at radius 3 is 2.46 bits per heavy atom. The highest BCUT2D eigenvalue weighted by Crippen LogP contribution is 2.29. The molecule has 204 valence electrons. The molecule has 1 aliphatic rings. The SMILES string of the molecule is COCCCOc1cc(C(=O)N(C[C@H]2CNC[C@@H]2NS(=O)(=O)c2ccc(C)cc2)C(C)C)ccc1OC. The van der Waals surface area contributed by atoms with Gasteiger partial charge in [0.05, 0.1) is 18.6 Å². The molecular formula is C27H39N3O6S. The number of carbonyl (C=O) groups is 1. The van der Waals surface area contributed by atoms with Gasteiger partial charge >= 0.3 is 0 Å². The molecule has 10 heteroatoms. The highest BCUT2D eigenvalue weighted by molar-refractivity contribution is 7.89. The average Bonchev–Trinajstić information content (AvgIpc) is 3.30. The first kappa shape index (κ1) is 28.9. The number of sulfonamides is 1. The molecular weight excluding hydrogens is 494 g/mol. The molecule has 2 aromatic rings. The number of carbonyl (C=O) groups excluding carboxylic acids is 1. The van der Waals surface area contributed by atoms with Crippen LogP contribution >= 0.6 is 0 Å². The molecule has 0 radical (unpaired) electrons. The van der Waals surface area contributed by atoms with E-state index < -0.39 is 10.0 Å². The second-order valence-corrected chi connectivity index (χ2v) is 11.3. The molecule has 1 fully saturated rings. The van der Waals surface area contributed by atoms with Crippen LogP contribution in [0.15, 0.2) is 47.4 Å². The predicted molar refractivity (Wildman–Crippen MR) is 143 cm³/mol. The average molecular weight is 534 g/mol.